The van der Waals surface area contributed by atoms with Crippen molar-refractivity contribution >= 4 is 15.9 Å². The maximum atomic E-state index is 13.2. The molecule has 184 valence electrons. The number of likely N-dealkylation sites (tertiary alicyclic amines) is 1. The monoisotopic (exact) mass is 495 g/mol. The zero-order valence-corrected chi connectivity index (χ0v) is 20.3. The minimum absolute atomic E-state index is 0.0990. The summed E-state index contributed by atoms with van der Waals surface area (Å²) < 4.78 is 32.7. The molecule has 10 heteroatoms. The van der Waals surface area contributed by atoms with Crippen molar-refractivity contribution in [2.75, 3.05) is 39.3 Å². The molecule has 2 aliphatic rings. The molecule has 35 heavy (non-hydrogen) atoms. The van der Waals surface area contributed by atoms with Crippen molar-refractivity contribution in [1.29, 1.82) is 0 Å². The van der Waals surface area contributed by atoms with Gasteiger partial charge in [0, 0.05) is 38.3 Å². The van der Waals surface area contributed by atoms with Crippen molar-refractivity contribution in [3.63, 3.8) is 0 Å². The third-order valence-corrected chi connectivity index (χ3v) is 8.56. The average molecular weight is 496 g/mol. The van der Waals surface area contributed by atoms with E-state index in [0.29, 0.717) is 55.9 Å². The first-order chi connectivity index (χ1) is 17.0. The summed E-state index contributed by atoms with van der Waals surface area (Å²) in [5.74, 6) is 1.09. The smallest absolute Gasteiger partial charge is 0.243 e. The summed E-state index contributed by atoms with van der Waals surface area (Å²) in [7, 11) is -3.53. The van der Waals surface area contributed by atoms with Gasteiger partial charge in [-0.2, -0.15) is 9.29 Å². The van der Waals surface area contributed by atoms with Gasteiger partial charge in [-0.1, -0.05) is 53.7 Å². The van der Waals surface area contributed by atoms with Crippen molar-refractivity contribution in [3.8, 4) is 11.4 Å². The van der Waals surface area contributed by atoms with Crippen LogP contribution in [0.2, 0.25) is 0 Å². The fourth-order valence-corrected chi connectivity index (χ4v) is 6.21. The van der Waals surface area contributed by atoms with E-state index in [0.717, 1.165) is 24.9 Å². The van der Waals surface area contributed by atoms with E-state index in [9.17, 15) is 13.2 Å². The molecule has 0 N–H and O–H groups in total. The molecular formula is C25H29N5O4S. The molecular weight excluding hydrogens is 466 g/mol. The fourth-order valence-electron chi connectivity index (χ4n) is 4.76. The van der Waals surface area contributed by atoms with Gasteiger partial charge in [0.25, 0.3) is 0 Å². The average Bonchev–Trinajstić information content (AvgIpc) is 3.38. The summed E-state index contributed by atoms with van der Waals surface area (Å²) in [4.78, 5) is 22.0. The maximum absolute atomic E-state index is 13.2. The first kappa shape index (κ1) is 23.7. The molecule has 1 unspecified atom stereocenters. The van der Waals surface area contributed by atoms with E-state index >= 15 is 0 Å². The quantitative estimate of drug-likeness (QED) is 0.518. The van der Waals surface area contributed by atoms with Gasteiger partial charge in [-0.3, -0.25) is 9.69 Å². The molecule has 2 saturated heterocycles. The number of hydrogen-bond donors (Lipinski definition) is 0. The molecule has 2 aromatic carbocycles. The standard InChI is InChI=1S/C25H29N5O4S/c31-25(29-14-16-30(17-15-29)35(32,33)22-11-5-2-6-12-22)21-10-7-13-28(18-21)19-23-26-24(27-34-23)20-8-3-1-4-9-20/h1-6,8-9,11-12,21H,7,10,13-19H2. The molecule has 1 amide bonds. The molecule has 1 atom stereocenters. The van der Waals surface area contributed by atoms with Crippen LogP contribution in [0, 0.1) is 5.92 Å². The van der Waals surface area contributed by atoms with Crippen molar-refractivity contribution in [2.24, 2.45) is 5.92 Å². The van der Waals surface area contributed by atoms with Crippen LogP contribution in [0.25, 0.3) is 11.4 Å². The predicted molar refractivity (Wildman–Crippen MR) is 130 cm³/mol. The van der Waals surface area contributed by atoms with E-state index in [1.165, 1.54) is 4.31 Å². The van der Waals surface area contributed by atoms with Crippen LogP contribution < -0.4 is 0 Å². The van der Waals surface area contributed by atoms with Crippen LogP contribution in [0.15, 0.2) is 70.1 Å². The summed E-state index contributed by atoms with van der Waals surface area (Å²) in [6.07, 6.45) is 1.75. The summed E-state index contributed by atoms with van der Waals surface area (Å²) in [6.45, 7) is 3.44. The number of sulfonamides is 1. The Kier molecular flexibility index (Phi) is 6.94. The van der Waals surface area contributed by atoms with E-state index in [2.05, 4.69) is 15.0 Å². The van der Waals surface area contributed by atoms with Gasteiger partial charge in [-0.25, -0.2) is 8.42 Å². The van der Waals surface area contributed by atoms with E-state index < -0.39 is 10.0 Å². The van der Waals surface area contributed by atoms with E-state index in [4.69, 9.17) is 4.52 Å². The summed E-state index contributed by atoms with van der Waals surface area (Å²) in [5, 5.41) is 4.09. The zero-order valence-electron chi connectivity index (χ0n) is 19.5. The van der Waals surface area contributed by atoms with Gasteiger partial charge < -0.3 is 9.42 Å². The van der Waals surface area contributed by atoms with Gasteiger partial charge in [0.1, 0.15) is 0 Å². The summed E-state index contributed by atoms with van der Waals surface area (Å²) >= 11 is 0. The zero-order chi connectivity index (χ0) is 24.3. The molecule has 2 aliphatic heterocycles. The third kappa shape index (κ3) is 5.29. The number of carbonyl (C=O) groups is 1. The van der Waals surface area contributed by atoms with Crippen molar-refractivity contribution in [1.82, 2.24) is 24.2 Å². The Morgan fingerprint density at radius 1 is 0.943 bits per heavy atom. The molecule has 3 aromatic rings. The van der Waals surface area contributed by atoms with Crippen molar-refractivity contribution < 1.29 is 17.7 Å². The normalized spacial score (nSPS) is 20.1. The van der Waals surface area contributed by atoms with Crippen molar-refractivity contribution in [2.45, 2.75) is 24.3 Å². The number of amides is 1. The Balaban J connectivity index is 1.16. The molecule has 0 saturated carbocycles. The third-order valence-electron chi connectivity index (χ3n) is 6.64. The minimum Gasteiger partial charge on any atom is -0.340 e. The lowest BCUT2D eigenvalue weighted by atomic mass is 9.96. The Bertz CT molecular complexity index is 1240. The summed E-state index contributed by atoms with van der Waals surface area (Å²) in [5.41, 5.74) is 0.905. The number of piperazine rings is 1. The Morgan fingerprint density at radius 3 is 2.34 bits per heavy atom. The first-order valence-electron chi connectivity index (χ1n) is 11.9. The maximum Gasteiger partial charge on any atom is 0.243 e. The van der Waals surface area contributed by atoms with Crippen LogP contribution >= 0.6 is 0 Å². The van der Waals surface area contributed by atoms with Gasteiger partial charge in [0.05, 0.1) is 17.4 Å². The summed E-state index contributed by atoms with van der Waals surface area (Å²) in [6, 6.07) is 18.1. The van der Waals surface area contributed by atoms with E-state index in [1.54, 1.807) is 30.3 Å². The van der Waals surface area contributed by atoms with Crippen LogP contribution in [0.3, 0.4) is 0 Å². The number of aromatic nitrogens is 2. The number of rotatable bonds is 6. The molecule has 0 bridgehead atoms. The Labute approximate surface area is 205 Å². The van der Waals surface area contributed by atoms with Gasteiger partial charge >= 0.3 is 0 Å². The Morgan fingerprint density at radius 2 is 1.63 bits per heavy atom. The van der Waals surface area contributed by atoms with Gasteiger partial charge in [0.2, 0.25) is 27.6 Å². The molecule has 3 heterocycles. The number of nitrogens with zero attached hydrogens (tertiary/aromatic N) is 5. The number of benzene rings is 2. The lowest BCUT2D eigenvalue weighted by molar-refractivity contribution is -0.138. The van der Waals surface area contributed by atoms with E-state index in [1.807, 2.05) is 35.2 Å². The van der Waals surface area contributed by atoms with Gasteiger partial charge in [-0.05, 0) is 31.5 Å². The first-order valence-corrected chi connectivity index (χ1v) is 13.4. The van der Waals surface area contributed by atoms with Gasteiger partial charge in [-0.15, -0.1) is 0 Å². The molecule has 2 fully saturated rings. The molecule has 5 rings (SSSR count). The van der Waals surface area contributed by atoms with Gasteiger partial charge in [0.15, 0.2) is 0 Å². The van der Waals surface area contributed by atoms with Crippen LogP contribution in [0.1, 0.15) is 18.7 Å². The molecule has 0 aliphatic carbocycles. The topological polar surface area (TPSA) is 99.8 Å². The van der Waals surface area contributed by atoms with Crippen LogP contribution in [-0.2, 0) is 21.4 Å². The SMILES string of the molecule is O=C(C1CCCN(Cc2nc(-c3ccccc3)no2)C1)N1CCN(S(=O)(=O)c2ccccc2)CC1. The molecule has 9 nitrogen and oxygen atoms in total. The molecule has 0 radical (unpaired) electrons. The second-order valence-corrected chi connectivity index (χ2v) is 10.9. The molecule has 1 aromatic heterocycles. The lowest BCUT2D eigenvalue weighted by Crippen LogP contribution is -2.53. The number of hydrogen-bond acceptors (Lipinski definition) is 7. The minimum atomic E-state index is -3.53. The van der Waals surface area contributed by atoms with Crippen molar-refractivity contribution in [3.05, 3.63) is 66.6 Å². The number of carbonyl (C=O) groups excluding carboxylic acids is 1. The second-order valence-electron chi connectivity index (χ2n) is 8.99. The highest BCUT2D eigenvalue weighted by Gasteiger charge is 2.34. The highest BCUT2D eigenvalue weighted by Crippen LogP contribution is 2.23. The number of piperidine rings is 1. The molecule has 0 spiro atoms. The largest absolute Gasteiger partial charge is 0.340 e. The van der Waals surface area contributed by atoms with Crippen LogP contribution in [0.4, 0.5) is 0 Å². The predicted octanol–water partition coefficient (Wildman–Crippen LogP) is 2.48. The highest BCUT2D eigenvalue weighted by atomic mass is 32.2. The van der Waals surface area contributed by atoms with Crippen LogP contribution in [0.5, 0.6) is 0 Å². The second kappa shape index (κ2) is 10.3. The lowest BCUT2D eigenvalue weighted by Gasteiger charge is -2.38. The Hall–Kier alpha value is -3.08. The highest BCUT2D eigenvalue weighted by molar-refractivity contribution is 7.89. The fraction of sp³-hybridized carbons (Fsp3) is 0.400. The van der Waals surface area contributed by atoms with E-state index in [-0.39, 0.29) is 11.8 Å². The van der Waals surface area contributed by atoms with Crippen LogP contribution in [-0.4, -0.2) is 77.8 Å².